The van der Waals surface area contributed by atoms with Crippen molar-refractivity contribution in [3.05, 3.63) is 18.5 Å². The molecule has 0 spiro atoms. The van der Waals surface area contributed by atoms with Crippen LogP contribution in [0.3, 0.4) is 0 Å². The molecule has 2 unspecified atom stereocenters. The zero-order chi connectivity index (χ0) is 11.8. The van der Waals surface area contributed by atoms with Crippen molar-refractivity contribution in [1.82, 2.24) is 14.9 Å². The zero-order valence-electron chi connectivity index (χ0n) is 10.6. The minimum Gasteiger partial charge on any atom is -0.338 e. The van der Waals surface area contributed by atoms with Gasteiger partial charge in [-0.2, -0.15) is 0 Å². The highest BCUT2D eigenvalue weighted by atomic mass is 15.4. The molecule has 2 fully saturated rings. The van der Waals surface area contributed by atoms with E-state index in [-0.39, 0.29) is 0 Å². The van der Waals surface area contributed by atoms with Crippen LogP contribution in [0.5, 0.6) is 0 Å². The predicted molar refractivity (Wildman–Crippen MR) is 68.0 cm³/mol. The number of hydrogen-bond acceptors (Lipinski definition) is 4. The van der Waals surface area contributed by atoms with Gasteiger partial charge in [0.05, 0.1) is 0 Å². The van der Waals surface area contributed by atoms with E-state index in [1.165, 1.54) is 12.8 Å². The Morgan fingerprint density at radius 2 is 1.71 bits per heavy atom. The second-order valence-corrected chi connectivity index (χ2v) is 5.38. The Morgan fingerprint density at radius 1 is 1.12 bits per heavy atom. The number of hydrogen-bond donors (Lipinski definition) is 0. The van der Waals surface area contributed by atoms with Crippen LogP contribution in [0.25, 0.3) is 0 Å². The highest BCUT2D eigenvalue weighted by Crippen LogP contribution is 2.32. The fraction of sp³-hybridized carbons (Fsp3) is 0.692. The van der Waals surface area contributed by atoms with Crippen molar-refractivity contribution >= 4 is 5.95 Å². The van der Waals surface area contributed by atoms with E-state index in [0.717, 1.165) is 19.0 Å². The first kappa shape index (κ1) is 11.0. The van der Waals surface area contributed by atoms with E-state index in [2.05, 4.69) is 33.6 Å². The highest BCUT2D eigenvalue weighted by molar-refractivity contribution is 5.31. The van der Waals surface area contributed by atoms with Gasteiger partial charge in [-0.15, -0.1) is 0 Å². The molecule has 0 aliphatic carbocycles. The number of anilines is 1. The number of nitrogens with zero attached hydrogens (tertiary/aromatic N) is 4. The van der Waals surface area contributed by atoms with Crippen LogP contribution < -0.4 is 4.90 Å². The zero-order valence-corrected chi connectivity index (χ0v) is 10.6. The molecule has 17 heavy (non-hydrogen) atoms. The SMILES string of the molecule is CC(C)N1C2CCC1CN(c1ncccn1)C2. The van der Waals surface area contributed by atoms with Gasteiger partial charge in [0.1, 0.15) is 0 Å². The summed E-state index contributed by atoms with van der Waals surface area (Å²) >= 11 is 0. The van der Waals surface area contributed by atoms with E-state index in [0.29, 0.717) is 18.1 Å². The van der Waals surface area contributed by atoms with Crippen LogP contribution >= 0.6 is 0 Å². The van der Waals surface area contributed by atoms with Crippen LogP contribution in [0.2, 0.25) is 0 Å². The second kappa shape index (κ2) is 4.26. The summed E-state index contributed by atoms with van der Waals surface area (Å²) in [5, 5.41) is 0. The quantitative estimate of drug-likeness (QED) is 0.774. The Balaban J connectivity index is 1.78. The van der Waals surface area contributed by atoms with Crippen molar-refractivity contribution in [2.75, 3.05) is 18.0 Å². The summed E-state index contributed by atoms with van der Waals surface area (Å²) in [6.45, 7) is 6.78. The average molecular weight is 232 g/mol. The summed E-state index contributed by atoms with van der Waals surface area (Å²) < 4.78 is 0. The molecule has 1 aromatic heterocycles. The molecule has 3 heterocycles. The molecular weight excluding hydrogens is 212 g/mol. The molecule has 2 saturated heterocycles. The average Bonchev–Trinajstić information content (AvgIpc) is 2.62. The summed E-state index contributed by atoms with van der Waals surface area (Å²) in [6, 6.07) is 3.92. The Morgan fingerprint density at radius 3 is 2.24 bits per heavy atom. The monoisotopic (exact) mass is 232 g/mol. The number of fused-ring (bicyclic) bond motifs is 2. The minimum atomic E-state index is 0.659. The van der Waals surface area contributed by atoms with Gasteiger partial charge < -0.3 is 4.90 Å². The number of aromatic nitrogens is 2. The van der Waals surface area contributed by atoms with Gasteiger partial charge in [-0.25, -0.2) is 9.97 Å². The number of rotatable bonds is 2. The molecule has 4 heteroatoms. The van der Waals surface area contributed by atoms with Gasteiger partial charge in [-0.05, 0) is 32.8 Å². The lowest BCUT2D eigenvalue weighted by Gasteiger charge is -2.43. The lowest BCUT2D eigenvalue weighted by Crippen LogP contribution is -2.56. The third kappa shape index (κ3) is 1.90. The normalized spacial score (nSPS) is 29.0. The summed E-state index contributed by atoms with van der Waals surface area (Å²) in [6.07, 6.45) is 6.32. The smallest absolute Gasteiger partial charge is 0.225 e. The molecule has 2 aliphatic rings. The van der Waals surface area contributed by atoms with E-state index < -0.39 is 0 Å². The van der Waals surface area contributed by atoms with Crippen molar-refractivity contribution in [3.8, 4) is 0 Å². The Labute approximate surface area is 103 Å². The van der Waals surface area contributed by atoms with Crippen LogP contribution in [0.15, 0.2) is 18.5 Å². The maximum absolute atomic E-state index is 4.37. The molecule has 3 rings (SSSR count). The summed E-state index contributed by atoms with van der Waals surface area (Å²) in [5.41, 5.74) is 0. The molecule has 0 amide bonds. The molecule has 0 aromatic carbocycles. The van der Waals surface area contributed by atoms with Crippen molar-refractivity contribution in [1.29, 1.82) is 0 Å². The van der Waals surface area contributed by atoms with Gasteiger partial charge in [0.25, 0.3) is 0 Å². The van der Waals surface area contributed by atoms with Gasteiger partial charge in [-0.3, -0.25) is 4.90 Å². The second-order valence-electron chi connectivity index (χ2n) is 5.38. The fourth-order valence-electron chi connectivity index (χ4n) is 3.40. The van der Waals surface area contributed by atoms with Gasteiger partial charge in [-0.1, -0.05) is 0 Å². The number of piperazine rings is 1. The molecule has 4 nitrogen and oxygen atoms in total. The van der Waals surface area contributed by atoms with Crippen molar-refractivity contribution in [2.45, 2.75) is 44.8 Å². The van der Waals surface area contributed by atoms with Crippen molar-refractivity contribution in [3.63, 3.8) is 0 Å². The molecule has 0 N–H and O–H groups in total. The first-order valence-electron chi connectivity index (χ1n) is 6.55. The van der Waals surface area contributed by atoms with E-state index in [1.54, 1.807) is 0 Å². The lowest BCUT2D eigenvalue weighted by molar-refractivity contribution is 0.128. The molecular formula is C13H20N4. The van der Waals surface area contributed by atoms with Crippen molar-refractivity contribution in [2.24, 2.45) is 0 Å². The Bertz CT molecular complexity index is 364. The summed E-state index contributed by atoms with van der Waals surface area (Å²) in [5.74, 6) is 0.896. The van der Waals surface area contributed by atoms with Crippen LogP contribution in [-0.4, -0.2) is 46.1 Å². The molecule has 0 radical (unpaired) electrons. The first-order chi connectivity index (χ1) is 8.25. The Hall–Kier alpha value is -1.16. The fourth-order valence-corrected chi connectivity index (χ4v) is 3.40. The van der Waals surface area contributed by atoms with Gasteiger partial charge in [0.2, 0.25) is 5.95 Å². The largest absolute Gasteiger partial charge is 0.338 e. The maximum Gasteiger partial charge on any atom is 0.225 e. The molecule has 1 aromatic rings. The first-order valence-corrected chi connectivity index (χ1v) is 6.55. The molecule has 2 aliphatic heterocycles. The molecule has 0 saturated carbocycles. The van der Waals surface area contributed by atoms with Crippen LogP contribution in [-0.2, 0) is 0 Å². The van der Waals surface area contributed by atoms with E-state index in [4.69, 9.17) is 0 Å². The van der Waals surface area contributed by atoms with E-state index >= 15 is 0 Å². The van der Waals surface area contributed by atoms with Crippen molar-refractivity contribution < 1.29 is 0 Å². The highest BCUT2D eigenvalue weighted by Gasteiger charge is 2.41. The van der Waals surface area contributed by atoms with Gasteiger partial charge in [0.15, 0.2) is 0 Å². The van der Waals surface area contributed by atoms with E-state index in [9.17, 15) is 0 Å². The van der Waals surface area contributed by atoms with Crippen LogP contribution in [0, 0.1) is 0 Å². The third-order valence-electron chi connectivity index (χ3n) is 3.97. The molecule has 2 atom stereocenters. The van der Waals surface area contributed by atoms with Crippen LogP contribution in [0.1, 0.15) is 26.7 Å². The van der Waals surface area contributed by atoms with Crippen LogP contribution in [0.4, 0.5) is 5.95 Å². The maximum atomic E-state index is 4.37. The Kier molecular flexibility index (Phi) is 2.74. The summed E-state index contributed by atoms with van der Waals surface area (Å²) in [7, 11) is 0. The minimum absolute atomic E-state index is 0.659. The topological polar surface area (TPSA) is 32.3 Å². The molecule has 92 valence electrons. The molecule has 2 bridgehead atoms. The van der Waals surface area contributed by atoms with Gasteiger partial charge in [0, 0.05) is 43.6 Å². The standard InChI is InChI=1S/C13H20N4/c1-10(2)17-11-4-5-12(17)9-16(8-11)13-14-6-3-7-15-13/h3,6-7,10-12H,4-5,8-9H2,1-2H3. The lowest BCUT2D eigenvalue weighted by atomic mass is 10.1. The van der Waals surface area contributed by atoms with Gasteiger partial charge >= 0.3 is 0 Å². The third-order valence-corrected chi connectivity index (χ3v) is 3.97. The van der Waals surface area contributed by atoms with E-state index in [1.807, 2.05) is 18.5 Å². The summed E-state index contributed by atoms with van der Waals surface area (Å²) in [4.78, 5) is 13.8. The predicted octanol–water partition coefficient (Wildman–Crippen LogP) is 1.54.